The minimum atomic E-state index is -0.418. The van der Waals surface area contributed by atoms with Crippen LogP contribution in [0, 0.1) is 18.6 Å². The highest BCUT2D eigenvalue weighted by Crippen LogP contribution is 2.27. The van der Waals surface area contributed by atoms with Gasteiger partial charge in [0, 0.05) is 48.6 Å². The lowest BCUT2D eigenvalue weighted by molar-refractivity contribution is 0.0746. The normalized spacial score (nSPS) is 14.1. The van der Waals surface area contributed by atoms with Crippen molar-refractivity contribution in [2.24, 2.45) is 0 Å². The van der Waals surface area contributed by atoms with E-state index < -0.39 is 5.82 Å². The third-order valence-electron chi connectivity index (χ3n) is 5.57. The van der Waals surface area contributed by atoms with Crippen molar-refractivity contribution in [1.29, 1.82) is 0 Å². The second kappa shape index (κ2) is 8.79. The van der Waals surface area contributed by atoms with E-state index in [0.29, 0.717) is 43.1 Å². The second-order valence-corrected chi connectivity index (χ2v) is 7.59. The fourth-order valence-corrected chi connectivity index (χ4v) is 3.94. The van der Waals surface area contributed by atoms with Crippen molar-refractivity contribution in [3.8, 4) is 11.4 Å². The first-order valence-corrected chi connectivity index (χ1v) is 10.4. The first-order chi connectivity index (χ1) is 15.0. The summed E-state index contributed by atoms with van der Waals surface area (Å²) in [4.78, 5) is 26.0. The number of rotatable bonds is 4. The number of benzene rings is 2. The molecule has 0 saturated carbocycles. The van der Waals surface area contributed by atoms with E-state index in [4.69, 9.17) is 4.98 Å². The summed E-state index contributed by atoms with van der Waals surface area (Å²) >= 11 is 0. The predicted molar refractivity (Wildman–Crippen MR) is 116 cm³/mol. The van der Waals surface area contributed by atoms with Crippen LogP contribution < -0.4 is 4.90 Å². The van der Waals surface area contributed by atoms with Gasteiger partial charge in [0.05, 0.1) is 0 Å². The Morgan fingerprint density at radius 2 is 1.65 bits per heavy atom. The van der Waals surface area contributed by atoms with Gasteiger partial charge in [-0.25, -0.2) is 18.7 Å². The molecule has 31 heavy (non-hydrogen) atoms. The number of piperazine rings is 1. The number of hydrogen-bond donors (Lipinski definition) is 0. The largest absolute Gasteiger partial charge is 0.353 e. The first-order valence-electron chi connectivity index (χ1n) is 10.4. The van der Waals surface area contributed by atoms with Crippen molar-refractivity contribution in [1.82, 2.24) is 14.9 Å². The van der Waals surface area contributed by atoms with E-state index in [9.17, 15) is 13.6 Å². The molecule has 4 rings (SSSR count). The first kappa shape index (κ1) is 20.9. The summed E-state index contributed by atoms with van der Waals surface area (Å²) in [5.74, 6) is 0.395. The van der Waals surface area contributed by atoms with Gasteiger partial charge in [-0.1, -0.05) is 25.1 Å². The highest BCUT2D eigenvalue weighted by atomic mass is 19.1. The highest BCUT2D eigenvalue weighted by molar-refractivity contribution is 5.94. The number of hydrogen-bond acceptors (Lipinski definition) is 4. The maximum Gasteiger partial charge on any atom is 0.254 e. The predicted octanol–water partition coefficient (Wildman–Crippen LogP) is 4.26. The number of amides is 1. The molecule has 2 aromatic carbocycles. The fourth-order valence-electron chi connectivity index (χ4n) is 3.94. The summed E-state index contributed by atoms with van der Waals surface area (Å²) in [5, 5.41) is 0. The van der Waals surface area contributed by atoms with Gasteiger partial charge < -0.3 is 9.80 Å². The van der Waals surface area contributed by atoms with E-state index in [1.807, 2.05) is 6.92 Å². The zero-order valence-corrected chi connectivity index (χ0v) is 17.6. The van der Waals surface area contributed by atoms with Crippen LogP contribution in [-0.4, -0.2) is 47.0 Å². The monoisotopic (exact) mass is 422 g/mol. The molecule has 1 aliphatic rings. The van der Waals surface area contributed by atoms with Crippen molar-refractivity contribution in [3.05, 3.63) is 77.0 Å². The highest BCUT2D eigenvalue weighted by Gasteiger charge is 2.25. The minimum absolute atomic E-state index is 0.172. The molecule has 3 aromatic rings. The number of halogens is 2. The standard InChI is InChI=1S/C24H24F2N4O/c1-3-21-16(2)27-22(17-6-4-8-19(25)14-17)28-23(21)29-10-12-30(13-11-29)24(31)18-7-5-9-20(26)15-18/h4-9,14-15H,3,10-13H2,1-2H3. The summed E-state index contributed by atoms with van der Waals surface area (Å²) in [5.41, 5.74) is 2.90. The lowest BCUT2D eigenvalue weighted by Gasteiger charge is -2.36. The van der Waals surface area contributed by atoms with E-state index in [1.54, 1.807) is 29.2 Å². The molecular weight excluding hydrogens is 398 g/mol. The average molecular weight is 422 g/mol. The summed E-state index contributed by atoms with van der Waals surface area (Å²) in [7, 11) is 0. The number of aromatic nitrogens is 2. The Morgan fingerprint density at radius 1 is 0.968 bits per heavy atom. The van der Waals surface area contributed by atoms with Gasteiger partial charge in [-0.05, 0) is 43.7 Å². The molecular formula is C24H24F2N4O. The van der Waals surface area contributed by atoms with E-state index >= 15 is 0 Å². The summed E-state index contributed by atoms with van der Waals surface area (Å²) < 4.78 is 27.2. The zero-order chi connectivity index (χ0) is 22.0. The molecule has 1 amide bonds. The molecule has 7 heteroatoms. The molecule has 1 fully saturated rings. The van der Waals surface area contributed by atoms with Crippen LogP contribution in [0.5, 0.6) is 0 Å². The van der Waals surface area contributed by atoms with Crippen molar-refractivity contribution in [2.75, 3.05) is 31.1 Å². The molecule has 5 nitrogen and oxygen atoms in total. The van der Waals surface area contributed by atoms with Crippen molar-refractivity contribution in [3.63, 3.8) is 0 Å². The topological polar surface area (TPSA) is 49.3 Å². The van der Waals surface area contributed by atoms with Gasteiger partial charge in [0.25, 0.3) is 5.91 Å². The molecule has 0 N–H and O–H groups in total. The lowest BCUT2D eigenvalue weighted by Crippen LogP contribution is -2.49. The third-order valence-corrected chi connectivity index (χ3v) is 5.57. The Morgan fingerprint density at radius 3 is 2.29 bits per heavy atom. The fraction of sp³-hybridized carbons (Fsp3) is 0.292. The molecule has 1 aromatic heterocycles. The molecule has 0 spiro atoms. The summed E-state index contributed by atoms with van der Waals surface area (Å²) in [6.07, 6.45) is 0.771. The number of nitrogens with zero attached hydrogens (tertiary/aromatic N) is 4. The smallest absolute Gasteiger partial charge is 0.254 e. The Labute approximate surface area is 180 Å². The van der Waals surface area contributed by atoms with Crippen LogP contribution in [0.3, 0.4) is 0 Å². The molecule has 0 atom stereocenters. The van der Waals surface area contributed by atoms with Crippen LogP contribution in [0.25, 0.3) is 11.4 Å². The number of carbonyl (C=O) groups is 1. The van der Waals surface area contributed by atoms with Crippen LogP contribution in [0.1, 0.15) is 28.5 Å². The molecule has 0 aliphatic carbocycles. The van der Waals surface area contributed by atoms with Crippen molar-refractivity contribution >= 4 is 11.7 Å². The maximum atomic E-state index is 13.7. The van der Waals surface area contributed by atoms with E-state index in [-0.39, 0.29) is 11.7 Å². The van der Waals surface area contributed by atoms with Gasteiger partial charge >= 0.3 is 0 Å². The molecule has 160 valence electrons. The Balaban J connectivity index is 1.57. The van der Waals surface area contributed by atoms with Gasteiger partial charge in [0.15, 0.2) is 5.82 Å². The molecule has 2 heterocycles. The van der Waals surface area contributed by atoms with Crippen molar-refractivity contribution in [2.45, 2.75) is 20.3 Å². The van der Waals surface area contributed by atoms with E-state index in [1.165, 1.54) is 24.3 Å². The van der Waals surface area contributed by atoms with Crippen LogP contribution >= 0.6 is 0 Å². The van der Waals surface area contributed by atoms with Gasteiger partial charge in [-0.3, -0.25) is 4.79 Å². The number of aryl methyl sites for hydroxylation is 1. The van der Waals surface area contributed by atoms with Crippen LogP contribution in [0.4, 0.5) is 14.6 Å². The van der Waals surface area contributed by atoms with E-state index in [2.05, 4.69) is 16.8 Å². The van der Waals surface area contributed by atoms with Crippen LogP contribution in [-0.2, 0) is 6.42 Å². The van der Waals surface area contributed by atoms with Crippen LogP contribution in [0.15, 0.2) is 48.5 Å². The van der Waals surface area contributed by atoms with Crippen LogP contribution in [0.2, 0.25) is 0 Å². The number of carbonyl (C=O) groups excluding carboxylic acids is 1. The molecule has 1 aliphatic heterocycles. The Bertz CT molecular complexity index is 1110. The molecule has 0 bridgehead atoms. The van der Waals surface area contributed by atoms with Gasteiger partial charge in [-0.2, -0.15) is 0 Å². The molecule has 0 unspecified atom stereocenters. The molecule has 1 saturated heterocycles. The quantitative estimate of drug-likeness (QED) is 0.631. The van der Waals surface area contributed by atoms with Gasteiger partial charge in [-0.15, -0.1) is 0 Å². The maximum absolute atomic E-state index is 13.7. The van der Waals surface area contributed by atoms with Crippen molar-refractivity contribution < 1.29 is 13.6 Å². The minimum Gasteiger partial charge on any atom is -0.353 e. The number of anilines is 1. The second-order valence-electron chi connectivity index (χ2n) is 7.59. The molecule has 0 radical (unpaired) electrons. The SMILES string of the molecule is CCc1c(C)nc(-c2cccc(F)c2)nc1N1CCN(C(=O)c2cccc(F)c2)CC1. The zero-order valence-electron chi connectivity index (χ0n) is 17.6. The Kier molecular flexibility index (Phi) is 5.93. The van der Waals surface area contributed by atoms with Gasteiger partial charge in [0.2, 0.25) is 0 Å². The lowest BCUT2D eigenvalue weighted by atomic mass is 10.1. The Hall–Kier alpha value is -3.35. The average Bonchev–Trinajstić information content (AvgIpc) is 2.78. The third kappa shape index (κ3) is 4.40. The summed E-state index contributed by atoms with van der Waals surface area (Å²) in [6, 6.07) is 12.0. The van der Waals surface area contributed by atoms with E-state index in [0.717, 1.165) is 23.5 Å². The summed E-state index contributed by atoms with van der Waals surface area (Å²) in [6.45, 7) is 6.23. The van der Waals surface area contributed by atoms with Gasteiger partial charge in [0.1, 0.15) is 17.5 Å².